The summed E-state index contributed by atoms with van der Waals surface area (Å²) in [5, 5.41) is 12.9. The highest BCUT2D eigenvalue weighted by Crippen LogP contribution is 2.30. The molecule has 0 radical (unpaired) electrons. The third-order valence-corrected chi connectivity index (χ3v) is 4.03. The second-order valence-electron chi connectivity index (χ2n) is 5.69. The van der Waals surface area contributed by atoms with Crippen LogP contribution in [0.4, 0.5) is 0 Å². The fourth-order valence-corrected chi connectivity index (χ4v) is 2.97. The Morgan fingerprint density at radius 2 is 2.11 bits per heavy atom. The summed E-state index contributed by atoms with van der Waals surface area (Å²) >= 11 is 0. The van der Waals surface area contributed by atoms with E-state index in [9.17, 15) is 5.11 Å². The molecule has 1 aromatic heterocycles. The normalized spacial score (nSPS) is 24.4. The standard InChI is InChI=1S/C15H24N2O/c1-11(2)14-5-3-4-6-15(14)17-9-12-7-8-13(18)10-16-12/h7-8,10-11,14-15,17-18H,3-6,9H2,1-2H3. The zero-order valence-electron chi connectivity index (χ0n) is 11.4. The molecule has 0 aliphatic heterocycles. The first-order valence-corrected chi connectivity index (χ1v) is 7.04. The van der Waals surface area contributed by atoms with Gasteiger partial charge in [-0.3, -0.25) is 4.98 Å². The zero-order valence-corrected chi connectivity index (χ0v) is 11.4. The van der Waals surface area contributed by atoms with Crippen molar-refractivity contribution in [1.29, 1.82) is 0 Å². The fourth-order valence-electron chi connectivity index (χ4n) is 2.97. The predicted octanol–water partition coefficient (Wildman–Crippen LogP) is 3.09. The van der Waals surface area contributed by atoms with Gasteiger partial charge in [0.2, 0.25) is 0 Å². The van der Waals surface area contributed by atoms with E-state index in [4.69, 9.17) is 0 Å². The van der Waals surface area contributed by atoms with Crippen molar-refractivity contribution in [2.45, 2.75) is 52.1 Å². The minimum Gasteiger partial charge on any atom is -0.506 e. The molecular weight excluding hydrogens is 224 g/mol. The molecule has 0 spiro atoms. The lowest BCUT2D eigenvalue weighted by atomic mass is 9.78. The van der Waals surface area contributed by atoms with Gasteiger partial charge in [-0.15, -0.1) is 0 Å². The van der Waals surface area contributed by atoms with Crippen LogP contribution in [0.3, 0.4) is 0 Å². The first kappa shape index (κ1) is 13.3. The number of nitrogens with one attached hydrogen (secondary N) is 1. The highest BCUT2D eigenvalue weighted by atomic mass is 16.3. The summed E-state index contributed by atoms with van der Waals surface area (Å²) in [6.45, 7) is 5.45. The average Bonchev–Trinajstić information content (AvgIpc) is 2.38. The summed E-state index contributed by atoms with van der Waals surface area (Å²) in [5.41, 5.74) is 1.00. The van der Waals surface area contributed by atoms with Crippen LogP contribution >= 0.6 is 0 Å². The van der Waals surface area contributed by atoms with Crippen LogP contribution in [0.2, 0.25) is 0 Å². The third kappa shape index (κ3) is 3.45. The van der Waals surface area contributed by atoms with Gasteiger partial charge in [0.25, 0.3) is 0 Å². The summed E-state index contributed by atoms with van der Waals surface area (Å²) in [4.78, 5) is 4.22. The summed E-state index contributed by atoms with van der Waals surface area (Å²) in [7, 11) is 0. The Balaban J connectivity index is 1.89. The van der Waals surface area contributed by atoms with E-state index in [0.29, 0.717) is 6.04 Å². The molecule has 1 heterocycles. The molecule has 1 saturated carbocycles. The monoisotopic (exact) mass is 248 g/mol. The van der Waals surface area contributed by atoms with Crippen molar-refractivity contribution in [1.82, 2.24) is 10.3 Å². The molecule has 0 aromatic carbocycles. The minimum atomic E-state index is 0.233. The van der Waals surface area contributed by atoms with Gasteiger partial charge in [-0.2, -0.15) is 0 Å². The lowest BCUT2D eigenvalue weighted by molar-refractivity contribution is 0.204. The third-order valence-electron chi connectivity index (χ3n) is 4.03. The molecule has 0 amide bonds. The van der Waals surface area contributed by atoms with Crippen LogP contribution in [0, 0.1) is 11.8 Å². The molecule has 18 heavy (non-hydrogen) atoms. The first-order chi connectivity index (χ1) is 8.66. The number of aromatic hydroxyl groups is 1. The van der Waals surface area contributed by atoms with Gasteiger partial charge in [0.1, 0.15) is 5.75 Å². The van der Waals surface area contributed by atoms with Crippen molar-refractivity contribution in [2.75, 3.05) is 0 Å². The number of hydrogen-bond donors (Lipinski definition) is 2. The Kier molecular flexibility index (Phi) is 4.59. The summed E-state index contributed by atoms with van der Waals surface area (Å²) in [5.74, 6) is 1.77. The van der Waals surface area contributed by atoms with E-state index >= 15 is 0 Å². The quantitative estimate of drug-likeness (QED) is 0.860. The van der Waals surface area contributed by atoms with Gasteiger partial charge in [0, 0.05) is 12.6 Å². The van der Waals surface area contributed by atoms with Crippen LogP contribution in [0.1, 0.15) is 45.2 Å². The van der Waals surface area contributed by atoms with Gasteiger partial charge in [0.05, 0.1) is 11.9 Å². The highest BCUT2D eigenvalue weighted by Gasteiger charge is 2.26. The minimum absolute atomic E-state index is 0.233. The van der Waals surface area contributed by atoms with E-state index in [0.717, 1.165) is 24.1 Å². The Labute approximate surface area is 110 Å². The Bertz CT molecular complexity index is 361. The van der Waals surface area contributed by atoms with Crippen molar-refractivity contribution in [2.24, 2.45) is 11.8 Å². The maximum Gasteiger partial charge on any atom is 0.133 e. The predicted molar refractivity (Wildman–Crippen MR) is 73.3 cm³/mol. The molecule has 2 atom stereocenters. The van der Waals surface area contributed by atoms with Crippen molar-refractivity contribution in [3.8, 4) is 5.75 Å². The van der Waals surface area contributed by atoms with Crippen molar-refractivity contribution < 1.29 is 5.11 Å². The van der Waals surface area contributed by atoms with Gasteiger partial charge >= 0.3 is 0 Å². The molecule has 0 saturated heterocycles. The molecule has 2 N–H and O–H groups in total. The van der Waals surface area contributed by atoms with E-state index in [1.54, 1.807) is 6.07 Å². The van der Waals surface area contributed by atoms with Crippen LogP contribution in [-0.4, -0.2) is 16.1 Å². The lowest BCUT2D eigenvalue weighted by Gasteiger charge is -2.35. The summed E-state index contributed by atoms with van der Waals surface area (Å²) in [6, 6.07) is 4.20. The van der Waals surface area contributed by atoms with E-state index in [1.807, 2.05) is 6.07 Å². The summed E-state index contributed by atoms with van der Waals surface area (Å²) < 4.78 is 0. The molecule has 100 valence electrons. The molecule has 1 aliphatic carbocycles. The van der Waals surface area contributed by atoms with Crippen molar-refractivity contribution >= 4 is 0 Å². The number of pyridine rings is 1. The summed E-state index contributed by atoms with van der Waals surface area (Å²) in [6.07, 6.45) is 6.85. The molecule has 0 bridgehead atoms. The fraction of sp³-hybridized carbons (Fsp3) is 0.667. The molecule has 2 rings (SSSR count). The van der Waals surface area contributed by atoms with Crippen molar-refractivity contribution in [3.63, 3.8) is 0 Å². The lowest BCUT2D eigenvalue weighted by Crippen LogP contribution is -2.40. The number of nitrogens with zero attached hydrogens (tertiary/aromatic N) is 1. The van der Waals surface area contributed by atoms with E-state index < -0.39 is 0 Å². The average molecular weight is 248 g/mol. The molecule has 2 unspecified atom stereocenters. The smallest absolute Gasteiger partial charge is 0.133 e. The maximum absolute atomic E-state index is 9.21. The SMILES string of the molecule is CC(C)C1CCCCC1NCc1ccc(O)cn1. The van der Waals surface area contributed by atoms with Crippen LogP contribution in [0.5, 0.6) is 5.75 Å². The Morgan fingerprint density at radius 3 is 2.78 bits per heavy atom. The molecule has 3 nitrogen and oxygen atoms in total. The van der Waals surface area contributed by atoms with Crippen LogP contribution in [0.25, 0.3) is 0 Å². The van der Waals surface area contributed by atoms with Crippen molar-refractivity contribution in [3.05, 3.63) is 24.0 Å². The number of aromatic nitrogens is 1. The van der Waals surface area contributed by atoms with Gasteiger partial charge in [-0.25, -0.2) is 0 Å². The molecule has 1 aromatic rings. The zero-order chi connectivity index (χ0) is 13.0. The first-order valence-electron chi connectivity index (χ1n) is 7.04. The van der Waals surface area contributed by atoms with E-state index in [1.165, 1.54) is 31.9 Å². The second-order valence-corrected chi connectivity index (χ2v) is 5.69. The van der Waals surface area contributed by atoms with Gasteiger partial charge in [-0.05, 0) is 36.8 Å². The van der Waals surface area contributed by atoms with Gasteiger partial charge in [0.15, 0.2) is 0 Å². The van der Waals surface area contributed by atoms with Crippen LogP contribution < -0.4 is 5.32 Å². The topological polar surface area (TPSA) is 45.1 Å². The number of hydrogen-bond acceptors (Lipinski definition) is 3. The molecule has 1 aliphatic rings. The highest BCUT2D eigenvalue weighted by molar-refractivity contribution is 5.17. The second kappa shape index (κ2) is 6.19. The van der Waals surface area contributed by atoms with Gasteiger partial charge in [-0.1, -0.05) is 26.7 Å². The maximum atomic E-state index is 9.21. The molecular formula is C15H24N2O. The largest absolute Gasteiger partial charge is 0.506 e. The van der Waals surface area contributed by atoms with E-state index in [-0.39, 0.29) is 5.75 Å². The van der Waals surface area contributed by atoms with Crippen LogP contribution in [-0.2, 0) is 6.54 Å². The Morgan fingerprint density at radius 1 is 1.33 bits per heavy atom. The van der Waals surface area contributed by atoms with Gasteiger partial charge < -0.3 is 10.4 Å². The molecule has 3 heteroatoms. The van der Waals surface area contributed by atoms with E-state index in [2.05, 4.69) is 24.1 Å². The van der Waals surface area contributed by atoms with Crippen LogP contribution in [0.15, 0.2) is 18.3 Å². The Hall–Kier alpha value is -1.09. The number of rotatable bonds is 4. The molecule has 1 fully saturated rings.